The summed E-state index contributed by atoms with van der Waals surface area (Å²) in [6.07, 6.45) is 0. The van der Waals surface area contributed by atoms with Gasteiger partial charge in [-0.2, -0.15) is 0 Å². The molecule has 1 N–H and O–H groups in total. The molecule has 1 fully saturated rings. The molecule has 0 aliphatic carbocycles. The first-order valence-corrected chi connectivity index (χ1v) is 6.23. The molecular formula is C14H19NO4. The molecule has 1 aromatic rings. The van der Waals surface area contributed by atoms with Crippen molar-refractivity contribution in [1.82, 2.24) is 4.90 Å². The molecule has 2 rings (SSSR count). The van der Waals surface area contributed by atoms with E-state index in [0.29, 0.717) is 30.2 Å². The third-order valence-electron chi connectivity index (χ3n) is 3.50. The number of hydrogen-bond donors (Lipinski definition) is 1. The Morgan fingerprint density at radius 2 is 1.84 bits per heavy atom. The third-order valence-corrected chi connectivity index (χ3v) is 3.50. The Morgan fingerprint density at radius 1 is 1.32 bits per heavy atom. The van der Waals surface area contributed by atoms with E-state index < -0.39 is 0 Å². The van der Waals surface area contributed by atoms with E-state index in [9.17, 15) is 4.79 Å². The summed E-state index contributed by atoms with van der Waals surface area (Å²) in [6.45, 7) is 3.23. The van der Waals surface area contributed by atoms with Crippen molar-refractivity contribution in [3.63, 3.8) is 0 Å². The molecule has 104 valence electrons. The Morgan fingerprint density at radius 3 is 2.26 bits per heavy atom. The van der Waals surface area contributed by atoms with Crippen LogP contribution in [0.15, 0.2) is 12.1 Å². The van der Waals surface area contributed by atoms with Gasteiger partial charge in [0.1, 0.15) is 11.5 Å². The first-order valence-electron chi connectivity index (χ1n) is 6.23. The number of hydrogen-bond acceptors (Lipinski definition) is 4. The number of nitrogens with zero attached hydrogens (tertiary/aromatic N) is 1. The number of rotatable bonds is 4. The summed E-state index contributed by atoms with van der Waals surface area (Å²) in [5, 5.41) is 8.98. The molecule has 0 unspecified atom stereocenters. The fourth-order valence-corrected chi connectivity index (χ4v) is 2.24. The molecule has 0 spiro atoms. The van der Waals surface area contributed by atoms with E-state index in [1.165, 1.54) is 0 Å². The minimum atomic E-state index is -0.0544. The number of carbonyl (C=O) groups is 1. The largest absolute Gasteiger partial charge is 0.496 e. The monoisotopic (exact) mass is 265 g/mol. The fourth-order valence-electron chi connectivity index (χ4n) is 2.24. The first-order chi connectivity index (χ1) is 9.10. The fraction of sp³-hybridized carbons (Fsp3) is 0.500. The number of ether oxygens (including phenoxy) is 2. The zero-order valence-corrected chi connectivity index (χ0v) is 11.5. The van der Waals surface area contributed by atoms with Gasteiger partial charge in [-0.05, 0) is 19.1 Å². The summed E-state index contributed by atoms with van der Waals surface area (Å²) in [4.78, 5) is 14.0. The molecule has 5 nitrogen and oxygen atoms in total. The molecule has 0 saturated carbocycles. The highest BCUT2D eigenvalue weighted by atomic mass is 16.5. The maximum absolute atomic E-state index is 12.3. The zero-order valence-electron chi connectivity index (χ0n) is 11.5. The minimum absolute atomic E-state index is 0.0544. The van der Waals surface area contributed by atoms with E-state index in [1.54, 1.807) is 31.3 Å². The van der Waals surface area contributed by atoms with Gasteiger partial charge in [-0.25, -0.2) is 0 Å². The lowest BCUT2D eigenvalue weighted by Gasteiger charge is -2.38. The summed E-state index contributed by atoms with van der Waals surface area (Å²) >= 11 is 0. The second kappa shape index (κ2) is 5.48. The minimum Gasteiger partial charge on any atom is -0.496 e. The van der Waals surface area contributed by atoms with Crippen molar-refractivity contribution in [2.24, 2.45) is 5.92 Å². The smallest absolute Gasteiger partial charge is 0.254 e. The van der Waals surface area contributed by atoms with Gasteiger partial charge >= 0.3 is 0 Å². The highest BCUT2D eigenvalue weighted by Crippen LogP contribution is 2.30. The van der Waals surface area contributed by atoms with Gasteiger partial charge in [0.05, 0.1) is 14.2 Å². The molecule has 1 aliphatic heterocycles. The third kappa shape index (κ3) is 2.51. The van der Waals surface area contributed by atoms with Crippen LogP contribution in [-0.4, -0.2) is 49.8 Å². The van der Waals surface area contributed by atoms with Crippen LogP contribution in [0.25, 0.3) is 0 Å². The number of carbonyl (C=O) groups excluding carboxylic acids is 1. The van der Waals surface area contributed by atoms with Gasteiger partial charge < -0.3 is 19.5 Å². The van der Waals surface area contributed by atoms with E-state index in [0.717, 1.165) is 5.56 Å². The molecule has 1 aliphatic rings. The summed E-state index contributed by atoms with van der Waals surface area (Å²) in [7, 11) is 3.14. The van der Waals surface area contributed by atoms with E-state index in [1.807, 2.05) is 6.92 Å². The second-order valence-corrected chi connectivity index (χ2v) is 4.76. The Bertz CT molecular complexity index is 455. The number of benzene rings is 1. The Hall–Kier alpha value is -1.75. The van der Waals surface area contributed by atoms with Crippen LogP contribution in [0.3, 0.4) is 0 Å². The first kappa shape index (κ1) is 13.7. The van der Waals surface area contributed by atoms with Crippen molar-refractivity contribution in [1.29, 1.82) is 0 Å². The maximum atomic E-state index is 12.3. The van der Waals surface area contributed by atoms with Crippen LogP contribution < -0.4 is 9.47 Å². The van der Waals surface area contributed by atoms with Crippen LogP contribution in [0.1, 0.15) is 15.9 Å². The van der Waals surface area contributed by atoms with Crippen LogP contribution >= 0.6 is 0 Å². The molecule has 0 radical (unpaired) electrons. The Balaban J connectivity index is 2.22. The van der Waals surface area contributed by atoms with E-state index >= 15 is 0 Å². The van der Waals surface area contributed by atoms with Gasteiger partial charge in [-0.1, -0.05) is 0 Å². The summed E-state index contributed by atoms with van der Waals surface area (Å²) < 4.78 is 10.5. The number of methoxy groups -OCH3 is 2. The Kier molecular flexibility index (Phi) is 3.95. The van der Waals surface area contributed by atoms with Gasteiger partial charge in [-0.15, -0.1) is 0 Å². The van der Waals surface area contributed by atoms with Crippen LogP contribution in [0.4, 0.5) is 0 Å². The molecule has 1 aromatic carbocycles. The predicted molar refractivity (Wildman–Crippen MR) is 70.8 cm³/mol. The molecule has 1 amide bonds. The number of likely N-dealkylation sites (tertiary alicyclic amines) is 1. The van der Waals surface area contributed by atoms with Crippen molar-refractivity contribution in [3.8, 4) is 11.5 Å². The molecular weight excluding hydrogens is 246 g/mol. The lowest BCUT2D eigenvalue weighted by molar-refractivity contribution is 0.0361. The topological polar surface area (TPSA) is 59.0 Å². The van der Waals surface area contributed by atoms with Crippen LogP contribution in [0.5, 0.6) is 11.5 Å². The molecule has 0 atom stereocenters. The van der Waals surface area contributed by atoms with E-state index in [2.05, 4.69) is 0 Å². The van der Waals surface area contributed by atoms with Gasteiger partial charge in [-0.3, -0.25) is 4.79 Å². The van der Waals surface area contributed by atoms with Crippen molar-refractivity contribution in [2.45, 2.75) is 6.92 Å². The van der Waals surface area contributed by atoms with Gasteiger partial charge in [0.25, 0.3) is 5.91 Å². The molecule has 19 heavy (non-hydrogen) atoms. The Labute approximate surface area is 112 Å². The highest BCUT2D eigenvalue weighted by Gasteiger charge is 2.31. The normalized spacial score (nSPS) is 15.1. The van der Waals surface area contributed by atoms with Crippen LogP contribution in [-0.2, 0) is 0 Å². The highest BCUT2D eigenvalue weighted by molar-refractivity contribution is 5.95. The molecule has 1 heterocycles. The standard InChI is InChI=1S/C14H19NO4/c1-9-12(18-2)4-11(5-13(9)19-3)14(17)15-6-10(7-15)8-16/h4-5,10,16H,6-8H2,1-3H3. The van der Waals surface area contributed by atoms with Crippen molar-refractivity contribution >= 4 is 5.91 Å². The average Bonchev–Trinajstić information content (AvgIpc) is 2.37. The van der Waals surface area contributed by atoms with Crippen LogP contribution in [0, 0.1) is 12.8 Å². The average molecular weight is 265 g/mol. The molecule has 0 bridgehead atoms. The van der Waals surface area contributed by atoms with Crippen molar-refractivity contribution in [3.05, 3.63) is 23.3 Å². The maximum Gasteiger partial charge on any atom is 0.254 e. The molecule has 1 saturated heterocycles. The SMILES string of the molecule is COc1cc(C(=O)N2CC(CO)C2)cc(OC)c1C. The van der Waals surface area contributed by atoms with E-state index in [-0.39, 0.29) is 18.4 Å². The lowest BCUT2D eigenvalue weighted by Crippen LogP contribution is -2.51. The van der Waals surface area contributed by atoms with Crippen molar-refractivity contribution in [2.75, 3.05) is 33.9 Å². The van der Waals surface area contributed by atoms with Gasteiger partial charge in [0, 0.05) is 36.7 Å². The second-order valence-electron chi connectivity index (χ2n) is 4.76. The number of aliphatic hydroxyl groups is 1. The predicted octanol–water partition coefficient (Wildman–Crippen LogP) is 1.08. The molecule has 5 heteroatoms. The van der Waals surface area contributed by atoms with Gasteiger partial charge in [0.2, 0.25) is 0 Å². The summed E-state index contributed by atoms with van der Waals surface area (Å²) in [5.41, 5.74) is 1.43. The van der Waals surface area contributed by atoms with Crippen molar-refractivity contribution < 1.29 is 19.4 Å². The summed E-state index contributed by atoms with van der Waals surface area (Å²) in [5.74, 6) is 1.43. The quantitative estimate of drug-likeness (QED) is 0.885. The van der Waals surface area contributed by atoms with Gasteiger partial charge in [0.15, 0.2) is 0 Å². The lowest BCUT2D eigenvalue weighted by atomic mass is 9.99. The number of aliphatic hydroxyl groups excluding tert-OH is 1. The number of amides is 1. The molecule has 0 aromatic heterocycles. The van der Waals surface area contributed by atoms with E-state index in [4.69, 9.17) is 14.6 Å². The zero-order chi connectivity index (χ0) is 14.0. The van der Waals surface area contributed by atoms with Crippen LogP contribution in [0.2, 0.25) is 0 Å². The summed E-state index contributed by atoms with van der Waals surface area (Å²) in [6, 6.07) is 3.46.